The van der Waals surface area contributed by atoms with Gasteiger partial charge in [0.25, 0.3) is 11.8 Å². The molecule has 2 amide bonds. The predicted octanol–water partition coefficient (Wildman–Crippen LogP) is 10.3. The van der Waals surface area contributed by atoms with Crippen molar-refractivity contribution in [2.45, 2.75) is 0 Å². The fourth-order valence-corrected chi connectivity index (χ4v) is 6.78. The Balaban J connectivity index is 1.00. The molecule has 0 saturated heterocycles. The Labute approximate surface area is 298 Å². The number of aromatic nitrogens is 3. The molecule has 0 aliphatic heterocycles. The van der Waals surface area contributed by atoms with Crippen molar-refractivity contribution in [2.24, 2.45) is 0 Å². The first-order valence-corrected chi connectivity index (χ1v) is 16.9. The second-order valence-corrected chi connectivity index (χ2v) is 12.5. The van der Waals surface area contributed by atoms with E-state index in [2.05, 4.69) is 22.8 Å². The van der Waals surface area contributed by atoms with E-state index in [0.717, 1.165) is 54.5 Å². The van der Waals surface area contributed by atoms with Crippen LogP contribution in [0.3, 0.4) is 0 Å². The van der Waals surface area contributed by atoms with Gasteiger partial charge >= 0.3 is 0 Å². The molecule has 0 saturated carbocycles. The summed E-state index contributed by atoms with van der Waals surface area (Å²) < 4.78 is 0. The third-order valence-electron chi connectivity index (χ3n) is 9.26. The number of amides is 2. The van der Waals surface area contributed by atoms with E-state index in [1.807, 2.05) is 127 Å². The van der Waals surface area contributed by atoms with Gasteiger partial charge in [-0.2, -0.15) is 0 Å². The summed E-state index contributed by atoms with van der Waals surface area (Å²) in [5, 5.41) is 14.3. The van der Waals surface area contributed by atoms with Crippen molar-refractivity contribution in [1.82, 2.24) is 15.0 Å². The van der Waals surface area contributed by atoms with Gasteiger partial charge in [0.1, 0.15) is 11.4 Å². The van der Waals surface area contributed by atoms with Crippen molar-refractivity contribution >= 4 is 66.3 Å². The number of nitrogens with zero attached hydrogens (tertiary/aromatic N) is 3. The average Bonchev–Trinajstić information content (AvgIpc) is 3.20. The predicted molar refractivity (Wildman–Crippen MR) is 210 cm³/mol. The van der Waals surface area contributed by atoms with Crippen LogP contribution in [0, 0.1) is 0 Å². The van der Waals surface area contributed by atoms with E-state index < -0.39 is 0 Å². The van der Waals surface area contributed by atoms with Crippen LogP contribution in [0.25, 0.3) is 65.9 Å². The van der Waals surface area contributed by atoms with Crippen LogP contribution in [0.2, 0.25) is 0 Å². The summed E-state index contributed by atoms with van der Waals surface area (Å²) in [6, 6.07) is 52.4. The standard InChI is InChI=1S/C45H29N5O2/c51-44(49-42-32-16-5-1-12-28(32)26-29-13-2-6-17-33(29)42)40-24-10-22-38(47-40)36-20-9-21-37(46-36)39-23-11-25-41(48-39)45(52)50-43-34-18-7-3-14-30(34)27-31-15-4-8-19-35(31)43/h1-27H,(H,49,51)(H,50,52). The number of hydrogen-bond acceptors (Lipinski definition) is 5. The Bertz CT molecular complexity index is 2570. The molecule has 9 aromatic rings. The normalized spacial score (nSPS) is 11.2. The van der Waals surface area contributed by atoms with Gasteiger partial charge in [0.05, 0.1) is 34.2 Å². The molecule has 246 valence electrons. The molecule has 7 nitrogen and oxygen atoms in total. The topological polar surface area (TPSA) is 96.9 Å². The number of carbonyl (C=O) groups excluding carboxylic acids is 2. The minimum atomic E-state index is -0.320. The molecule has 0 fully saturated rings. The fraction of sp³-hybridized carbons (Fsp3) is 0. The number of benzene rings is 6. The highest BCUT2D eigenvalue weighted by Gasteiger charge is 2.17. The van der Waals surface area contributed by atoms with Crippen LogP contribution >= 0.6 is 0 Å². The second kappa shape index (κ2) is 12.9. The molecule has 6 aromatic carbocycles. The summed E-state index contributed by atoms with van der Waals surface area (Å²) in [5.41, 5.74) is 4.23. The van der Waals surface area contributed by atoms with Crippen LogP contribution in [0.15, 0.2) is 164 Å². The van der Waals surface area contributed by atoms with Crippen LogP contribution < -0.4 is 10.6 Å². The van der Waals surface area contributed by atoms with E-state index >= 15 is 0 Å². The summed E-state index contributed by atoms with van der Waals surface area (Å²) in [6.45, 7) is 0. The molecule has 2 N–H and O–H groups in total. The molecule has 0 unspecified atom stereocenters. The molecule has 9 rings (SSSR count). The van der Waals surface area contributed by atoms with Gasteiger partial charge in [-0.15, -0.1) is 0 Å². The minimum absolute atomic E-state index is 0.263. The van der Waals surface area contributed by atoms with E-state index in [1.165, 1.54) is 0 Å². The summed E-state index contributed by atoms with van der Waals surface area (Å²) >= 11 is 0. The van der Waals surface area contributed by atoms with Gasteiger partial charge in [-0.25, -0.2) is 15.0 Å². The zero-order chi connectivity index (χ0) is 35.0. The quantitative estimate of drug-likeness (QED) is 0.172. The number of nitrogens with one attached hydrogen (secondary N) is 2. The van der Waals surface area contributed by atoms with Crippen molar-refractivity contribution in [3.63, 3.8) is 0 Å². The lowest BCUT2D eigenvalue weighted by Gasteiger charge is -2.13. The zero-order valence-electron chi connectivity index (χ0n) is 27.7. The first-order valence-electron chi connectivity index (χ1n) is 16.9. The summed E-state index contributed by atoms with van der Waals surface area (Å²) in [6.07, 6.45) is 0. The Kier molecular flexibility index (Phi) is 7.63. The molecule has 0 radical (unpaired) electrons. The van der Waals surface area contributed by atoms with Gasteiger partial charge in [-0.1, -0.05) is 115 Å². The molecular weight excluding hydrogens is 643 g/mol. The Morgan fingerprint density at radius 1 is 0.346 bits per heavy atom. The number of rotatable bonds is 6. The average molecular weight is 672 g/mol. The van der Waals surface area contributed by atoms with Crippen molar-refractivity contribution < 1.29 is 9.59 Å². The third kappa shape index (κ3) is 5.66. The molecule has 0 spiro atoms. The molecule has 3 heterocycles. The number of carbonyl (C=O) groups is 2. The Morgan fingerprint density at radius 2 is 0.654 bits per heavy atom. The maximum absolute atomic E-state index is 13.7. The number of hydrogen-bond donors (Lipinski definition) is 2. The third-order valence-corrected chi connectivity index (χ3v) is 9.26. The van der Waals surface area contributed by atoms with Crippen LogP contribution in [-0.2, 0) is 0 Å². The molecule has 3 aromatic heterocycles. The fourth-order valence-electron chi connectivity index (χ4n) is 6.78. The molecule has 0 atom stereocenters. The summed E-state index contributed by atoms with van der Waals surface area (Å²) in [4.78, 5) is 41.7. The van der Waals surface area contributed by atoms with Gasteiger partial charge < -0.3 is 10.6 Å². The largest absolute Gasteiger partial charge is 0.320 e. The lowest BCUT2D eigenvalue weighted by molar-refractivity contribution is 0.101. The highest BCUT2D eigenvalue weighted by Crippen LogP contribution is 2.35. The van der Waals surface area contributed by atoms with Crippen molar-refractivity contribution in [2.75, 3.05) is 10.6 Å². The molecule has 0 aliphatic rings. The van der Waals surface area contributed by atoms with E-state index in [4.69, 9.17) is 15.0 Å². The van der Waals surface area contributed by atoms with E-state index in [9.17, 15) is 9.59 Å². The van der Waals surface area contributed by atoms with E-state index in [1.54, 1.807) is 24.3 Å². The first-order chi connectivity index (χ1) is 25.6. The van der Waals surface area contributed by atoms with Gasteiger partial charge in [-0.3, -0.25) is 9.59 Å². The molecule has 52 heavy (non-hydrogen) atoms. The molecule has 7 heteroatoms. The van der Waals surface area contributed by atoms with Gasteiger partial charge in [0, 0.05) is 21.5 Å². The SMILES string of the molecule is O=C(Nc1c2ccccc2cc2ccccc12)c1cccc(-c2cccc(-c3cccc(C(=O)Nc4c5ccccc5cc5ccccc45)n3)n2)n1. The number of pyridine rings is 3. The van der Waals surface area contributed by atoms with Crippen LogP contribution in [-0.4, -0.2) is 26.8 Å². The smallest absolute Gasteiger partial charge is 0.274 e. The van der Waals surface area contributed by atoms with E-state index in [-0.39, 0.29) is 23.2 Å². The summed E-state index contributed by atoms with van der Waals surface area (Å²) in [5.74, 6) is -0.641. The molecule has 0 aliphatic carbocycles. The van der Waals surface area contributed by atoms with Crippen LogP contribution in [0.4, 0.5) is 11.4 Å². The highest BCUT2D eigenvalue weighted by atomic mass is 16.2. The van der Waals surface area contributed by atoms with Crippen LogP contribution in [0.1, 0.15) is 21.0 Å². The highest BCUT2D eigenvalue weighted by molar-refractivity contribution is 6.19. The van der Waals surface area contributed by atoms with Crippen molar-refractivity contribution in [3.05, 3.63) is 175 Å². The van der Waals surface area contributed by atoms with Gasteiger partial charge in [0.2, 0.25) is 0 Å². The van der Waals surface area contributed by atoms with Crippen LogP contribution in [0.5, 0.6) is 0 Å². The van der Waals surface area contributed by atoms with Crippen molar-refractivity contribution in [3.8, 4) is 22.8 Å². The van der Waals surface area contributed by atoms with Crippen molar-refractivity contribution in [1.29, 1.82) is 0 Å². The second-order valence-electron chi connectivity index (χ2n) is 12.5. The number of fused-ring (bicyclic) bond motifs is 4. The molecular formula is C45H29N5O2. The van der Waals surface area contributed by atoms with E-state index in [0.29, 0.717) is 22.8 Å². The lowest BCUT2D eigenvalue weighted by Crippen LogP contribution is -2.15. The first kappa shape index (κ1) is 30.8. The van der Waals surface area contributed by atoms with Gasteiger partial charge in [0.15, 0.2) is 0 Å². The maximum Gasteiger partial charge on any atom is 0.274 e. The van der Waals surface area contributed by atoms with Gasteiger partial charge in [-0.05, 0) is 70.1 Å². The maximum atomic E-state index is 13.7. The lowest BCUT2D eigenvalue weighted by atomic mass is 10.0. The monoisotopic (exact) mass is 671 g/mol. The Hall–Kier alpha value is -7.25. The molecule has 0 bridgehead atoms. The summed E-state index contributed by atoms with van der Waals surface area (Å²) in [7, 11) is 0. The zero-order valence-corrected chi connectivity index (χ0v) is 27.7. The minimum Gasteiger partial charge on any atom is -0.320 e. The number of anilines is 2. The Morgan fingerprint density at radius 3 is 1.02 bits per heavy atom.